The smallest absolute Gasteiger partial charge is 0.355 e. The number of hydrogen-bond donors (Lipinski definition) is 3. The number of fused-ring (bicyclic) bond motifs is 2. The average Bonchev–Trinajstić information content (AvgIpc) is 3.11. The van der Waals surface area contributed by atoms with E-state index in [9.17, 15) is 14.4 Å². The molecule has 0 bridgehead atoms. The number of carbonyl (C=O) groups excluding carboxylic acids is 2. The summed E-state index contributed by atoms with van der Waals surface area (Å²) in [7, 11) is 4.83. The van der Waals surface area contributed by atoms with E-state index in [0.717, 1.165) is 22.3 Å². The monoisotopic (exact) mass is 449 g/mol. The van der Waals surface area contributed by atoms with Crippen molar-refractivity contribution in [2.45, 2.75) is 24.7 Å². The zero-order chi connectivity index (χ0) is 23.8. The summed E-state index contributed by atoms with van der Waals surface area (Å²) in [5, 5.41) is 5.32. The number of nitrogens with two attached hydrogens (primary N) is 1. The Kier molecular flexibility index (Phi) is 5.90. The standard InChI is InChI=1S/C24H27N5O4/c1-26-20(30)16-6-8-18-14(12-16)4-5-15-13-17(21(31)27-2)7-9-19(15)24(18,10-11-25)22-28-23(32)33-29(22)3/h6-9,12-13H,4-5,10-11,25H2,1-3H3,(H,26,30)(H,27,31). The molecule has 9 heteroatoms. The van der Waals surface area contributed by atoms with Crippen LogP contribution in [0.1, 0.15) is 55.2 Å². The van der Waals surface area contributed by atoms with E-state index < -0.39 is 11.2 Å². The number of benzene rings is 2. The van der Waals surface area contributed by atoms with Crippen LogP contribution in [0.4, 0.5) is 0 Å². The molecule has 172 valence electrons. The maximum atomic E-state index is 12.3. The minimum absolute atomic E-state index is 0.181. The normalized spacial score (nSPS) is 14.1. The van der Waals surface area contributed by atoms with Gasteiger partial charge in [-0.15, -0.1) is 0 Å². The molecule has 33 heavy (non-hydrogen) atoms. The predicted octanol–water partition coefficient (Wildman–Crippen LogP) is 0.874. The molecule has 1 aliphatic rings. The SMILES string of the molecule is CNC(=O)c1ccc2c(c1)CCc1cc(C(=O)NC)ccc1C2(CCN)c1nc(=O)on1C. The molecule has 1 aromatic heterocycles. The number of aromatic nitrogens is 2. The highest BCUT2D eigenvalue weighted by Gasteiger charge is 2.44. The third kappa shape index (κ3) is 3.64. The van der Waals surface area contributed by atoms with Crippen molar-refractivity contribution in [1.29, 1.82) is 0 Å². The highest BCUT2D eigenvalue weighted by Crippen LogP contribution is 2.46. The Hall–Kier alpha value is -3.72. The molecule has 1 aliphatic carbocycles. The Morgan fingerprint density at radius 2 is 1.55 bits per heavy atom. The minimum Gasteiger partial charge on any atom is -0.355 e. The molecule has 0 atom stereocenters. The first-order chi connectivity index (χ1) is 15.8. The number of rotatable bonds is 5. The Morgan fingerprint density at radius 3 is 1.94 bits per heavy atom. The van der Waals surface area contributed by atoms with Gasteiger partial charge in [0.15, 0.2) is 5.82 Å². The fourth-order valence-corrected chi connectivity index (χ4v) is 4.96. The van der Waals surface area contributed by atoms with Crippen molar-refractivity contribution >= 4 is 11.8 Å². The number of amides is 2. The van der Waals surface area contributed by atoms with Gasteiger partial charge in [0.25, 0.3) is 11.8 Å². The minimum atomic E-state index is -0.890. The zero-order valence-electron chi connectivity index (χ0n) is 18.9. The van der Waals surface area contributed by atoms with Crippen LogP contribution >= 0.6 is 0 Å². The van der Waals surface area contributed by atoms with E-state index in [1.54, 1.807) is 33.3 Å². The van der Waals surface area contributed by atoms with E-state index in [4.69, 9.17) is 10.3 Å². The van der Waals surface area contributed by atoms with Gasteiger partial charge in [-0.3, -0.25) is 9.59 Å². The zero-order valence-corrected chi connectivity index (χ0v) is 18.9. The molecule has 0 saturated carbocycles. The highest BCUT2D eigenvalue weighted by molar-refractivity contribution is 5.95. The molecule has 4 rings (SSSR count). The van der Waals surface area contributed by atoms with Gasteiger partial charge in [-0.1, -0.05) is 12.1 Å². The van der Waals surface area contributed by atoms with Gasteiger partial charge >= 0.3 is 5.76 Å². The van der Waals surface area contributed by atoms with E-state index in [1.807, 2.05) is 24.3 Å². The van der Waals surface area contributed by atoms with Crippen LogP contribution in [0.2, 0.25) is 0 Å². The van der Waals surface area contributed by atoms with Gasteiger partial charge in [-0.2, -0.15) is 9.72 Å². The lowest BCUT2D eigenvalue weighted by molar-refractivity contribution is 0.0955. The summed E-state index contributed by atoms with van der Waals surface area (Å²) in [5.74, 6) is -0.623. The van der Waals surface area contributed by atoms with Gasteiger partial charge < -0.3 is 20.9 Å². The van der Waals surface area contributed by atoms with Crippen molar-refractivity contribution < 1.29 is 14.1 Å². The summed E-state index contributed by atoms with van der Waals surface area (Å²) >= 11 is 0. The first-order valence-corrected chi connectivity index (χ1v) is 10.8. The Labute approximate surface area is 191 Å². The number of aryl methyl sites for hydroxylation is 3. The van der Waals surface area contributed by atoms with E-state index in [2.05, 4.69) is 15.6 Å². The molecule has 1 heterocycles. The molecule has 4 N–H and O–H groups in total. The summed E-state index contributed by atoms with van der Waals surface area (Å²) in [5.41, 5.74) is 10.1. The molecule has 3 aromatic rings. The van der Waals surface area contributed by atoms with Crippen molar-refractivity contribution in [2.75, 3.05) is 20.6 Å². The third-order valence-corrected chi connectivity index (χ3v) is 6.38. The molecule has 2 aromatic carbocycles. The lowest BCUT2D eigenvalue weighted by Gasteiger charge is -2.35. The molecule has 0 radical (unpaired) electrons. The van der Waals surface area contributed by atoms with Gasteiger partial charge in [-0.05, 0) is 72.3 Å². The Morgan fingerprint density at radius 1 is 1.03 bits per heavy atom. The van der Waals surface area contributed by atoms with Gasteiger partial charge in [0, 0.05) is 32.3 Å². The summed E-state index contributed by atoms with van der Waals surface area (Å²) in [6, 6.07) is 11.1. The second-order valence-corrected chi connectivity index (χ2v) is 8.14. The molecule has 2 amide bonds. The number of nitrogens with zero attached hydrogens (tertiary/aromatic N) is 2. The van der Waals surface area contributed by atoms with Crippen molar-refractivity contribution in [3.63, 3.8) is 0 Å². The first kappa shape index (κ1) is 22.5. The quantitative estimate of drug-likeness (QED) is 0.530. The maximum absolute atomic E-state index is 12.3. The molecule has 9 nitrogen and oxygen atoms in total. The lowest BCUT2D eigenvalue weighted by atomic mass is 9.69. The molecule has 0 fully saturated rings. The van der Waals surface area contributed by atoms with Gasteiger partial charge in [-0.25, -0.2) is 4.79 Å². The van der Waals surface area contributed by atoms with Crippen LogP contribution < -0.4 is 22.1 Å². The molecular weight excluding hydrogens is 422 g/mol. The molecule has 0 saturated heterocycles. The predicted molar refractivity (Wildman–Crippen MR) is 122 cm³/mol. The topological polar surface area (TPSA) is 132 Å². The summed E-state index contributed by atoms with van der Waals surface area (Å²) in [6.45, 7) is 0.314. The van der Waals surface area contributed by atoms with Crippen LogP contribution in [0, 0.1) is 0 Å². The Balaban J connectivity index is 2.07. The highest BCUT2D eigenvalue weighted by atomic mass is 16.5. The van der Waals surface area contributed by atoms with Crippen molar-refractivity contribution in [2.24, 2.45) is 12.8 Å². The summed E-state index contributed by atoms with van der Waals surface area (Å²) in [6.07, 6.45) is 1.73. The summed E-state index contributed by atoms with van der Waals surface area (Å²) < 4.78 is 6.63. The second kappa shape index (κ2) is 8.67. The van der Waals surface area contributed by atoms with Gasteiger partial charge in [0.2, 0.25) is 0 Å². The van der Waals surface area contributed by atoms with Gasteiger partial charge in [0.05, 0.1) is 5.41 Å². The van der Waals surface area contributed by atoms with Crippen LogP contribution in [0.25, 0.3) is 0 Å². The van der Waals surface area contributed by atoms with E-state index >= 15 is 0 Å². The van der Waals surface area contributed by atoms with Crippen LogP contribution in [-0.2, 0) is 25.3 Å². The van der Waals surface area contributed by atoms with Crippen molar-refractivity contribution in [3.8, 4) is 0 Å². The van der Waals surface area contributed by atoms with Crippen molar-refractivity contribution in [1.82, 2.24) is 20.4 Å². The van der Waals surface area contributed by atoms with E-state index in [-0.39, 0.29) is 11.8 Å². The van der Waals surface area contributed by atoms with Crippen LogP contribution in [0.5, 0.6) is 0 Å². The number of hydrogen-bond acceptors (Lipinski definition) is 6. The van der Waals surface area contributed by atoms with Crippen LogP contribution in [-0.4, -0.2) is 42.2 Å². The molecular formula is C24H27N5O4. The maximum Gasteiger partial charge on any atom is 0.459 e. The van der Waals surface area contributed by atoms with E-state index in [0.29, 0.717) is 42.8 Å². The third-order valence-electron chi connectivity index (χ3n) is 6.38. The largest absolute Gasteiger partial charge is 0.459 e. The molecule has 0 unspecified atom stereocenters. The van der Waals surface area contributed by atoms with Crippen molar-refractivity contribution in [3.05, 3.63) is 86.2 Å². The molecule has 0 spiro atoms. The number of carbonyl (C=O) groups is 2. The average molecular weight is 450 g/mol. The second-order valence-electron chi connectivity index (χ2n) is 8.14. The number of nitrogens with one attached hydrogen (secondary N) is 2. The Bertz CT molecular complexity index is 1220. The van der Waals surface area contributed by atoms with Crippen LogP contribution in [0.15, 0.2) is 45.7 Å². The van der Waals surface area contributed by atoms with E-state index in [1.165, 1.54) is 4.74 Å². The van der Waals surface area contributed by atoms with Gasteiger partial charge in [0.1, 0.15) is 0 Å². The molecule has 0 aliphatic heterocycles. The lowest BCUT2D eigenvalue weighted by Crippen LogP contribution is -2.36. The summed E-state index contributed by atoms with van der Waals surface area (Å²) in [4.78, 5) is 41.0. The fourth-order valence-electron chi connectivity index (χ4n) is 4.96. The van der Waals surface area contributed by atoms with Crippen LogP contribution in [0.3, 0.4) is 0 Å². The fraction of sp³-hybridized carbons (Fsp3) is 0.333. The first-order valence-electron chi connectivity index (χ1n) is 10.8.